The zero-order valence-electron chi connectivity index (χ0n) is 13.6. The van der Waals surface area contributed by atoms with Crippen LogP contribution in [0, 0.1) is 0 Å². The number of sulfonamides is 1. The van der Waals surface area contributed by atoms with E-state index in [0.29, 0.717) is 38.0 Å². The van der Waals surface area contributed by atoms with Gasteiger partial charge in [-0.3, -0.25) is 4.68 Å². The van der Waals surface area contributed by atoms with Crippen LogP contribution in [0.1, 0.15) is 17.8 Å². The average molecular weight is 352 g/mol. The summed E-state index contributed by atoms with van der Waals surface area (Å²) < 4.78 is 32.0. The summed E-state index contributed by atoms with van der Waals surface area (Å²) in [5, 5.41) is 7.62. The molecule has 0 bridgehead atoms. The number of hydrogen-bond acceptors (Lipinski definition) is 7. The predicted molar refractivity (Wildman–Crippen MR) is 88.0 cm³/mol. The molecule has 0 saturated heterocycles. The Morgan fingerprint density at radius 1 is 1.38 bits per heavy atom. The van der Waals surface area contributed by atoms with Crippen molar-refractivity contribution in [3.63, 3.8) is 0 Å². The van der Waals surface area contributed by atoms with Crippen molar-refractivity contribution in [1.29, 1.82) is 0 Å². The van der Waals surface area contributed by atoms with E-state index in [2.05, 4.69) is 20.4 Å². The SMILES string of the molecule is COc1ccnc(NCc2cc3n(n2)CCCN(S(C)(=O)=O)C3)n1. The molecule has 0 saturated carbocycles. The maximum Gasteiger partial charge on any atom is 0.226 e. The first kappa shape index (κ1) is 16.7. The molecule has 9 nitrogen and oxygen atoms in total. The van der Waals surface area contributed by atoms with E-state index in [1.807, 2.05) is 10.7 Å². The molecule has 2 aromatic rings. The molecule has 10 heteroatoms. The monoisotopic (exact) mass is 352 g/mol. The summed E-state index contributed by atoms with van der Waals surface area (Å²) in [7, 11) is -1.66. The molecule has 3 rings (SSSR count). The number of rotatable bonds is 5. The number of fused-ring (bicyclic) bond motifs is 1. The average Bonchev–Trinajstić information content (AvgIpc) is 2.82. The van der Waals surface area contributed by atoms with Crippen LogP contribution in [0.5, 0.6) is 5.88 Å². The van der Waals surface area contributed by atoms with Crippen molar-refractivity contribution in [3.8, 4) is 5.88 Å². The van der Waals surface area contributed by atoms with E-state index in [1.165, 1.54) is 10.6 Å². The van der Waals surface area contributed by atoms with Crippen LogP contribution in [0.3, 0.4) is 0 Å². The van der Waals surface area contributed by atoms with Crippen LogP contribution >= 0.6 is 0 Å². The van der Waals surface area contributed by atoms with Gasteiger partial charge in [0.15, 0.2) is 0 Å². The second-order valence-corrected chi connectivity index (χ2v) is 7.56. The van der Waals surface area contributed by atoms with E-state index in [0.717, 1.165) is 17.8 Å². The molecule has 0 aliphatic carbocycles. The van der Waals surface area contributed by atoms with Gasteiger partial charge in [-0.2, -0.15) is 14.4 Å². The lowest BCUT2D eigenvalue weighted by atomic mass is 10.3. The molecule has 0 aromatic carbocycles. The standard InChI is InChI=1S/C14H20N6O3S/c1-23-13-4-5-15-14(17-13)16-9-11-8-12-10-19(24(2,21)22)6-3-7-20(12)18-11/h4-5,8H,3,6-7,9-10H2,1-2H3,(H,15,16,17). The third kappa shape index (κ3) is 3.82. The van der Waals surface area contributed by atoms with Crippen LogP contribution in [0.2, 0.25) is 0 Å². The lowest BCUT2D eigenvalue weighted by Crippen LogP contribution is -2.29. The van der Waals surface area contributed by atoms with Crippen molar-refractivity contribution in [3.05, 3.63) is 29.7 Å². The van der Waals surface area contributed by atoms with E-state index < -0.39 is 10.0 Å². The summed E-state index contributed by atoms with van der Waals surface area (Å²) in [5.74, 6) is 0.937. The van der Waals surface area contributed by atoms with Crippen LogP contribution in [-0.2, 0) is 29.7 Å². The fourth-order valence-corrected chi connectivity index (χ4v) is 3.40. The smallest absolute Gasteiger partial charge is 0.226 e. The predicted octanol–water partition coefficient (Wildman–Crippen LogP) is 0.459. The zero-order valence-corrected chi connectivity index (χ0v) is 14.5. The minimum Gasteiger partial charge on any atom is -0.481 e. The summed E-state index contributed by atoms with van der Waals surface area (Å²) in [6.07, 6.45) is 3.59. The van der Waals surface area contributed by atoms with E-state index in [9.17, 15) is 8.42 Å². The van der Waals surface area contributed by atoms with Crippen LogP contribution in [0.15, 0.2) is 18.3 Å². The highest BCUT2D eigenvalue weighted by atomic mass is 32.2. The van der Waals surface area contributed by atoms with Gasteiger partial charge < -0.3 is 10.1 Å². The Morgan fingerprint density at radius 2 is 2.21 bits per heavy atom. The molecule has 0 radical (unpaired) electrons. The van der Waals surface area contributed by atoms with Crippen LogP contribution < -0.4 is 10.1 Å². The van der Waals surface area contributed by atoms with Gasteiger partial charge in [0.05, 0.1) is 37.8 Å². The van der Waals surface area contributed by atoms with Gasteiger partial charge in [0.2, 0.25) is 21.9 Å². The molecule has 3 heterocycles. The number of ether oxygens (including phenoxy) is 1. The third-order valence-corrected chi connectivity index (χ3v) is 5.02. The van der Waals surface area contributed by atoms with Gasteiger partial charge >= 0.3 is 0 Å². The summed E-state index contributed by atoms with van der Waals surface area (Å²) in [6.45, 7) is 2.03. The number of nitrogens with zero attached hydrogens (tertiary/aromatic N) is 5. The minimum atomic E-state index is -3.20. The van der Waals surface area contributed by atoms with Crippen molar-refractivity contribution >= 4 is 16.0 Å². The highest BCUT2D eigenvalue weighted by molar-refractivity contribution is 7.88. The van der Waals surface area contributed by atoms with Crippen molar-refractivity contribution in [2.45, 2.75) is 26.1 Å². The molecule has 130 valence electrons. The molecule has 0 atom stereocenters. The van der Waals surface area contributed by atoms with E-state index in [1.54, 1.807) is 19.4 Å². The molecular formula is C14H20N6O3S. The van der Waals surface area contributed by atoms with Crippen LogP contribution in [0.4, 0.5) is 5.95 Å². The van der Waals surface area contributed by atoms with Gasteiger partial charge in [-0.05, 0) is 12.5 Å². The first-order valence-corrected chi connectivity index (χ1v) is 9.42. The summed E-state index contributed by atoms with van der Waals surface area (Å²) in [4.78, 5) is 8.30. The molecule has 1 N–H and O–H groups in total. The first-order chi connectivity index (χ1) is 11.5. The Kier molecular flexibility index (Phi) is 4.67. The summed E-state index contributed by atoms with van der Waals surface area (Å²) >= 11 is 0. The number of hydrogen-bond donors (Lipinski definition) is 1. The zero-order chi connectivity index (χ0) is 17.2. The molecule has 1 aliphatic heterocycles. The van der Waals surface area contributed by atoms with Crippen molar-refractivity contribution < 1.29 is 13.2 Å². The number of nitrogens with one attached hydrogen (secondary N) is 1. The quantitative estimate of drug-likeness (QED) is 0.834. The second-order valence-electron chi connectivity index (χ2n) is 5.58. The molecule has 2 aromatic heterocycles. The van der Waals surface area contributed by atoms with E-state index in [-0.39, 0.29) is 0 Å². The first-order valence-electron chi connectivity index (χ1n) is 7.57. The normalized spacial score (nSPS) is 15.6. The summed E-state index contributed by atoms with van der Waals surface area (Å²) in [6, 6.07) is 3.58. The van der Waals surface area contributed by atoms with Gasteiger partial charge in [0.25, 0.3) is 0 Å². The lowest BCUT2D eigenvalue weighted by Gasteiger charge is -2.16. The Morgan fingerprint density at radius 3 is 2.96 bits per heavy atom. The number of aryl methyl sites for hydroxylation is 1. The Labute approximate surface area is 140 Å². The Bertz CT molecular complexity index is 820. The molecule has 0 fully saturated rings. The highest BCUT2D eigenvalue weighted by Crippen LogP contribution is 2.16. The maximum atomic E-state index is 11.8. The third-order valence-electron chi connectivity index (χ3n) is 3.77. The van der Waals surface area contributed by atoms with Crippen LogP contribution in [0.25, 0.3) is 0 Å². The van der Waals surface area contributed by atoms with Gasteiger partial charge in [-0.1, -0.05) is 0 Å². The molecular weight excluding hydrogens is 332 g/mol. The van der Waals surface area contributed by atoms with Crippen molar-refractivity contribution in [1.82, 2.24) is 24.1 Å². The molecule has 0 spiro atoms. The topological polar surface area (TPSA) is 102 Å². The van der Waals surface area contributed by atoms with E-state index in [4.69, 9.17) is 4.74 Å². The minimum absolute atomic E-state index is 0.349. The highest BCUT2D eigenvalue weighted by Gasteiger charge is 2.22. The number of methoxy groups -OCH3 is 1. The summed E-state index contributed by atoms with van der Waals surface area (Å²) in [5.41, 5.74) is 1.70. The van der Waals surface area contributed by atoms with Crippen molar-refractivity contribution in [2.24, 2.45) is 0 Å². The molecule has 1 aliphatic rings. The molecule has 0 unspecified atom stereocenters. The molecule has 24 heavy (non-hydrogen) atoms. The van der Waals surface area contributed by atoms with Crippen LogP contribution in [-0.4, -0.2) is 52.4 Å². The molecule has 0 amide bonds. The van der Waals surface area contributed by atoms with Gasteiger partial charge in [0.1, 0.15) is 0 Å². The van der Waals surface area contributed by atoms with Gasteiger partial charge in [-0.25, -0.2) is 13.4 Å². The van der Waals surface area contributed by atoms with Crippen molar-refractivity contribution in [2.75, 3.05) is 25.2 Å². The number of aromatic nitrogens is 4. The number of anilines is 1. The second kappa shape index (κ2) is 6.73. The van der Waals surface area contributed by atoms with Gasteiger partial charge in [-0.15, -0.1) is 0 Å². The maximum absolute atomic E-state index is 11.8. The van der Waals surface area contributed by atoms with E-state index >= 15 is 0 Å². The van der Waals surface area contributed by atoms with Gasteiger partial charge in [0, 0.05) is 25.4 Å². The Balaban J connectivity index is 1.71. The largest absolute Gasteiger partial charge is 0.481 e. The Hall–Kier alpha value is -2.20. The fourth-order valence-electron chi connectivity index (χ4n) is 2.57. The lowest BCUT2D eigenvalue weighted by molar-refractivity contribution is 0.397. The fraction of sp³-hybridized carbons (Fsp3) is 0.500.